The molecule has 0 atom stereocenters. The van der Waals surface area contributed by atoms with Crippen molar-refractivity contribution in [2.75, 3.05) is 32.2 Å². The first-order valence-corrected chi connectivity index (χ1v) is 5.48. The van der Waals surface area contributed by atoms with Crippen LogP contribution >= 0.6 is 0 Å². The van der Waals surface area contributed by atoms with Crippen molar-refractivity contribution in [3.63, 3.8) is 0 Å². The summed E-state index contributed by atoms with van der Waals surface area (Å²) in [6.07, 6.45) is 1.50. The molecule has 6 nitrogen and oxygen atoms in total. The van der Waals surface area contributed by atoms with Crippen LogP contribution in [0, 0.1) is 0 Å². The standard InChI is InChI=1S/C12H16N2O4/c1-4-14(8-11(15)17-2)9-5-6-13-10(7-9)12(16)18-3/h5-7H,4,8H2,1-3H3. The second-order valence-electron chi connectivity index (χ2n) is 3.48. The fraction of sp³-hybridized carbons (Fsp3) is 0.417. The summed E-state index contributed by atoms with van der Waals surface area (Å²) < 4.78 is 9.21. The third-order valence-corrected chi connectivity index (χ3v) is 2.43. The van der Waals surface area contributed by atoms with E-state index in [4.69, 9.17) is 0 Å². The molecule has 1 rings (SSSR count). The maximum absolute atomic E-state index is 11.4. The van der Waals surface area contributed by atoms with Crippen LogP contribution in [-0.2, 0) is 14.3 Å². The number of carbonyl (C=O) groups excluding carboxylic acids is 2. The number of anilines is 1. The van der Waals surface area contributed by atoms with Crippen molar-refractivity contribution in [1.29, 1.82) is 0 Å². The van der Waals surface area contributed by atoms with Crippen LogP contribution in [0.3, 0.4) is 0 Å². The number of aromatic nitrogens is 1. The molecule has 0 aliphatic carbocycles. The Bertz CT molecular complexity index is 434. The summed E-state index contributed by atoms with van der Waals surface area (Å²) in [5.74, 6) is -0.848. The van der Waals surface area contributed by atoms with Crippen molar-refractivity contribution in [3.8, 4) is 0 Å². The first-order chi connectivity index (χ1) is 8.62. The molecule has 0 aromatic carbocycles. The average molecular weight is 252 g/mol. The highest BCUT2D eigenvalue weighted by Gasteiger charge is 2.13. The van der Waals surface area contributed by atoms with Gasteiger partial charge in [-0.1, -0.05) is 0 Å². The van der Waals surface area contributed by atoms with Gasteiger partial charge in [0.1, 0.15) is 12.2 Å². The highest BCUT2D eigenvalue weighted by atomic mass is 16.5. The van der Waals surface area contributed by atoms with E-state index in [-0.39, 0.29) is 18.2 Å². The van der Waals surface area contributed by atoms with Crippen molar-refractivity contribution >= 4 is 17.6 Å². The summed E-state index contributed by atoms with van der Waals surface area (Å²) in [6, 6.07) is 3.30. The third-order valence-electron chi connectivity index (χ3n) is 2.43. The molecular formula is C12H16N2O4. The lowest BCUT2D eigenvalue weighted by molar-refractivity contribution is -0.138. The highest BCUT2D eigenvalue weighted by Crippen LogP contribution is 2.14. The number of rotatable bonds is 5. The van der Waals surface area contributed by atoms with E-state index in [1.165, 1.54) is 20.4 Å². The third kappa shape index (κ3) is 3.44. The van der Waals surface area contributed by atoms with Crippen LogP contribution in [0.5, 0.6) is 0 Å². The van der Waals surface area contributed by atoms with Crippen LogP contribution in [0.15, 0.2) is 18.3 Å². The zero-order valence-corrected chi connectivity index (χ0v) is 10.7. The zero-order chi connectivity index (χ0) is 13.5. The number of pyridine rings is 1. The number of likely N-dealkylation sites (N-methyl/N-ethyl adjacent to an activating group) is 1. The van der Waals surface area contributed by atoms with Crippen LogP contribution in [0.2, 0.25) is 0 Å². The molecule has 0 bridgehead atoms. The van der Waals surface area contributed by atoms with Crippen LogP contribution in [0.1, 0.15) is 17.4 Å². The molecule has 0 amide bonds. The van der Waals surface area contributed by atoms with Gasteiger partial charge in [0.2, 0.25) is 0 Å². The van der Waals surface area contributed by atoms with E-state index in [1.807, 2.05) is 6.92 Å². The fourth-order valence-corrected chi connectivity index (χ4v) is 1.44. The number of carbonyl (C=O) groups is 2. The first-order valence-electron chi connectivity index (χ1n) is 5.48. The molecule has 0 N–H and O–H groups in total. The second kappa shape index (κ2) is 6.58. The van der Waals surface area contributed by atoms with Crippen molar-refractivity contribution in [2.45, 2.75) is 6.92 Å². The van der Waals surface area contributed by atoms with Crippen LogP contribution in [0.4, 0.5) is 5.69 Å². The van der Waals surface area contributed by atoms with E-state index < -0.39 is 5.97 Å². The molecule has 0 aliphatic rings. The normalized spacial score (nSPS) is 9.72. The molecule has 1 aromatic heterocycles. The lowest BCUT2D eigenvalue weighted by atomic mass is 10.3. The number of nitrogens with zero attached hydrogens (tertiary/aromatic N) is 2. The van der Waals surface area contributed by atoms with E-state index >= 15 is 0 Å². The van der Waals surface area contributed by atoms with E-state index in [0.29, 0.717) is 6.54 Å². The second-order valence-corrected chi connectivity index (χ2v) is 3.48. The van der Waals surface area contributed by atoms with Crippen molar-refractivity contribution in [1.82, 2.24) is 4.98 Å². The molecule has 98 valence electrons. The number of hydrogen-bond donors (Lipinski definition) is 0. The Morgan fingerprint density at radius 2 is 2.06 bits per heavy atom. The molecule has 0 fully saturated rings. The molecular weight excluding hydrogens is 236 g/mol. The molecule has 0 radical (unpaired) electrons. The quantitative estimate of drug-likeness (QED) is 0.724. The molecule has 0 spiro atoms. The first kappa shape index (κ1) is 14.0. The predicted octanol–water partition coefficient (Wildman–Crippen LogP) is 0.867. The van der Waals surface area contributed by atoms with Gasteiger partial charge < -0.3 is 14.4 Å². The number of ether oxygens (including phenoxy) is 2. The average Bonchev–Trinajstić information content (AvgIpc) is 2.43. The molecule has 0 aliphatic heterocycles. The molecule has 1 heterocycles. The summed E-state index contributed by atoms with van der Waals surface area (Å²) in [4.78, 5) is 28.3. The number of esters is 2. The Balaban J connectivity index is 2.92. The molecule has 18 heavy (non-hydrogen) atoms. The molecule has 6 heteroatoms. The van der Waals surface area contributed by atoms with Gasteiger partial charge in [0.25, 0.3) is 0 Å². The van der Waals surface area contributed by atoms with Gasteiger partial charge in [-0.2, -0.15) is 0 Å². The predicted molar refractivity (Wildman–Crippen MR) is 65.5 cm³/mol. The zero-order valence-electron chi connectivity index (χ0n) is 10.7. The van der Waals surface area contributed by atoms with Gasteiger partial charge in [-0.25, -0.2) is 9.78 Å². The molecule has 0 saturated heterocycles. The lowest BCUT2D eigenvalue weighted by Crippen LogP contribution is -2.30. The van der Waals surface area contributed by atoms with E-state index in [2.05, 4.69) is 14.5 Å². The summed E-state index contributed by atoms with van der Waals surface area (Å²) in [5, 5.41) is 0. The summed E-state index contributed by atoms with van der Waals surface area (Å²) in [6.45, 7) is 2.64. The van der Waals surface area contributed by atoms with Gasteiger partial charge in [-0.15, -0.1) is 0 Å². The lowest BCUT2D eigenvalue weighted by Gasteiger charge is -2.21. The minimum atomic E-state index is -0.508. The molecule has 0 unspecified atom stereocenters. The monoisotopic (exact) mass is 252 g/mol. The Labute approximate surface area is 106 Å². The van der Waals surface area contributed by atoms with E-state index in [1.54, 1.807) is 17.0 Å². The largest absolute Gasteiger partial charge is 0.468 e. The maximum Gasteiger partial charge on any atom is 0.356 e. The fourth-order valence-electron chi connectivity index (χ4n) is 1.44. The SMILES string of the molecule is CCN(CC(=O)OC)c1ccnc(C(=O)OC)c1. The Morgan fingerprint density at radius 3 is 2.61 bits per heavy atom. The van der Waals surface area contributed by atoms with Crippen LogP contribution < -0.4 is 4.90 Å². The van der Waals surface area contributed by atoms with Crippen LogP contribution in [-0.4, -0.2) is 44.2 Å². The summed E-state index contributed by atoms with van der Waals surface area (Å²) in [7, 11) is 2.63. The minimum absolute atomic E-state index is 0.123. The smallest absolute Gasteiger partial charge is 0.356 e. The topological polar surface area (TPSA) is 68.7 Å². The summed E-state index contributed by atoms with van der Waals surface area (Å²) >= 11 is 0. The minimum Gasteiger partial charge on any atom is -0.468 e. The van der Waals surface area contributed by atoms with Crippen molar-refractivity contribution in [3.05, 3.63) is 24.0 Å². The molecule has 0 saturated carbocycles. The maximum atomic E-state index is 11.4. The van der Waals surface area contributed by atoms with Gasteiger partial charge in [0.05, 0.1) is 14.2 Å². The number of methoxy groups -OCH3 is 2. The van der Waals surface area contributed by atoms with E-state index in [0.717, 1.165) is 5.69 Å². The van der Waals surface area contributed by atoms with Crippen LogP contribution in [0.25, 0.3) is 0 Å². The highest BCUT2D eigenvalue weighted by molar-refractivity contribution is 5.88. The Morgan fingerprint density at radius 1 is 1.33 bits per heavy atom. The van der Waals surface area contributed by atoms with Gasteiger partial charge in [-0.05, 0) is 19.1 Å². The van der Waals surface area contributed by atoms with E-state index in [9.17, 15) is 9.59 Å². The van der Waals surface area contributed by atoms with Gasteiger partial charge in [0.15, 0.2) is 0 Å². The molecule has 1 aromatic rings. The van der Waals surface area contributed by atoms with Gasteiger partial charge in [0, 0.05) is 18.4 Å². The summed E-state index contributed by atoms with van der Waals surface area (Å²) in [5.41, 5.74) is 0.927. The van der Waals surface area contributed by atoms with Gasteiger partial charge in [-0.3, -0.25) is 4.79 Å². The Hall–Kier alpha value is -2.11. The van der Waals surface area contributed by atoms with Gasteiger partial charge >= 0.3 is 11.9 Å². The van der Waals surface area contributed by atoms with Crippen molar-refractivity contribution in [2.24, 2.45) is 0 Å². The Kier molecular flexibility index (Phi) is 5.10. The van der Waals surface area contributed by atoms with Crippen molar-refractivity contribution < 1.29 is 19.1 Å². The number of hydrogen-bond acceptors (Lipinski definition) is 6.